The Morgan fingerprint density at radius 2 is 1.84 bits per heavy atom. The number of hydrogen-bond acceptors (Lipinski definition) is 4. The minimum Gasteiger partial charge on any atom is -0.462 e. The van der Waals surface area contributed by atoms with Gasteiger partial charge in [0.15, 0.2) is 0 Å². The maximum Gasteiger partial charge on any atom is 0.338 e. The van der Waals surface area contributed by atoms with Crippen LogP contribution in [-0.4, -0.2) is 31.6 Å². The van der Waals surface area contributed by atoms with Crippen molar-refractivity contribution in [2.75, 3.05) is 25.0 Å². The number of esters is 1. The lowest BCUT2D eigenvalue weighted by atomic mass is 10.2. The summed E-state index contributed by atoms with van der Waals surface area (Å²) in [5, 5.41) is 5.76. The maximum absolute atomic E-state index is 11.5. The Labute approximate surface area is 113 Å². The molecule has 2 N–H and O–H groups in total. The second-order valence-electron chi connectivity index (χ2n) is 4.02. The van der Waals surface area contributed by atoms with E-state index in [1.165, 1.54) is 0 Å². The van der Waals surface area contributed by atoms with E-state index in [-0.39, 0.29) is 18.4 Å². The van der Waals surface area contributed by atoms with E-state index in [1.54, 1.807) is 31.2 Å². The zero-order chi connectivity index (χ0) is 14.1. The Morgan fingerprint density at radius 1 is 1.16 bits per heavy atom. The highest BCUT2D eigenvalue weighted by Gasteiger charge is 2.06. The molecule has 0 aromatic heterocycles. The summed E-state index contributed by atoms with van der Waals surface area (Å²) in [6, 6.07) is 6.63. The number of carbonyl (C=O) groups excluding carboxylic acids is 2. The standard InChI is InChI=1S/C14H20N2O3/c1-3-9-15-10-13(17)16-12-7-5-11(6-8-12)14(18)19-4-2/h5-8,15H,3-4,9-10H2,1-2H3,(H,16,17). The number of rotatable bonds is 7. The zero-order valence-corrected chi connectivity index (χ0v) is 11.4. The highest BCUT2D eigenvalue weighted by atomic mass is 16.5. The van der Waals surface area contributed by atoms with Gasteiger partial charge in [-0.3, -0.25) is 4.79 Å². The van der Waals surface area contributed by atoms with Gasteiger partial charge in [0.05, 0.1) is 18.7 Å². The predicted octanol–water partition coefficient (Wildman–Crippen LogP) is 1.80. The van der Waals surface area contributed by atoms with Gasteiger partial charge in [-0.15, -0.1) is 0 Å². The van der Waals surface area contributed by atoms with Crippen molar-refractivity contribution >= 4 is 17.6 Å². The monoisotopic (exact) mass is 264 g/mol. The minimum atomic E-state index is -0.356. The fourth-order valence-corrected chi connectivity index (χ4v) is 1.49. The van der Waals surface area contributed by atoms with Crippen molar-refractivity contribution in [2.45, 2.75) is 20.3 Å². The molecule has 0 fully saturated rings. The van der Waals surface area contributed by atoms with E-state index in [0.717, 1.165) is 13.0 Å². The van der Waals surface area contributed by atoms with E-state index in [9.17, 15) is 9.59 Å². The van der Waals surface area contributed by atoms with Crippen molar-refractivity contribution in [3.05, 3.63) is 29.8 Å². The Balaban J connectivity index is 2.47. The largest absolute Gasteiger partial charge is 0.462 e. The molecule has 0 radical (unpaired) electrons. The lowest BCUT2D eigenvalue weighted by molar-refractivity contribution is -0.115. The van der Waals surface area contributed by atoms with Gasteiger partial charge in [-0.2, -0.15) is 0 Å². The average molecular weight is 264 g/mol. The molecular formula is C14H20N2O3. The molecule has 19 heavy (non-hydrogen) atoms. The molecule has 1 aromatic rings. The number of nitrogens with one attached hydrogen (secondary N) is 2. The second-order valence-corrected chi connectivity index (χ2v) is 4.02. The average Bonchev–Trinajstić information content (AvgIpc) is 2.40. The Morgan fingerprint density at radius 3 is 2.42 bits per heavy atom. The molecule has 1 amide bonds. The molecule has 0 unspecified atom stereocenters. The summed E-state index contributed by atoms with van der Waals surface area (Å²) < 4.78 is 4.88. The van der Waals surface area contributed by atoms with Crippen LogP contribution in [0.4, 0.5) is 5.69 Å². The van der Waals surface area contributed by atoms with Crippen LogP contribution >= 0.6 is 0 Å². The first-order chi connectivity index (χ1) is 9.17. The molecule has 0 aliphatic rings. The molecule has 0 bridgehead atoms. The first kappa shape index (κ1) is 15.2. The first-order valence-electron chi connectivity index (χ1n) is 6.45. The lowest BCUT2D eigenvalue weighted by Crippen LogP contribution is -2.28. The Hall–Kier alpha value is -1.88. The third-order valence-corrected chi connectivity index (χ3v) is 2.39. The zero-order valence-electron chi connectivity index (χ0n) is 11.4. The van der Waals surface area contributed by atoms with Gasteiger partial charge in [0.1, 0.15) is 0 Å². The Kier molecular flexibility index (Phi) is 6.60. The van der Waals surface area contributed by atoms with Crippen molar-refractivity contribution in [3.8, 4) is 0 Å². The van der Waals surface area contributed by atoms with E-state index in [0.29, 0.717) is 17.9 Å². The van der Waals surface area contributed by atoms with Gasteiger partial charge < -0.3 is 15.4 Å². The summed E-state index contributed by atoms with van der Waals surface area (Å²) in [7, 11) is 0. The Bertz CT molecular complexity index is 415. The molecular weight excluding hydrogens is 244 g/mol. The smallest absolute Gasteiger partial charge is 0.338 e. The first-order valence-corrected chi connectivity index (χ1v) is 6.45. The van der Waals surface area contributed by atoms with Gasteiger partial charge in [-0.05, 0) is 44.2 Å². The molecule has 0 heterocycles. The number of carbonyl (C=O) groups is 2. The topological polar surface area (TPSA) is 67.4 Å². The van der Waals surface area contributed by atoms with Crippen LogP contribution < -0.4 is 10.6 Å². The van der Waals surface area contributed by atoms with E-state index in [2.05, 4.69) is 10.6 Å². The SMILES string of the molecule is CCCNCC(=O)Nc1ccc(C(=O)OCC)cc1. The number of amides is 1. The number of benzene rings is 1. The van der Waals surface area contributed by atoms with Gasteiger partial charge in [0, 0.05) is 5.69 Å². The van der Waals surface area contributed by atoms with Gasteiger partial charge >= 0.3 is 5.97 Å². The molecule has 0 aliphatic heterocycles. The van der Waals surface area contributed by atoms with Crippen molar-refractivity contribution in [1.29, 1.82) is 0 Å². The molecule has 0 saturated heterocycles. The molecule has 0 saturated carbocycles. The summed E-state index contributed by atoms with van der Waals surface area (Å²) in [5.41, 5.74) is 1.14. The molecule has 1 aromatic carbocycles. The van der Waals surface area contributed by atoms with Crippen LogP contribution in [0.2, 0.25) is 0 Å². The molecule has 104 valence electrons. The van der Waals surface area contributed by atoms with Crippen LogP contribution in [0.3, 0.4) is 0 Å². The number of anilines is 1. The van der Waals surface area contributed by atoms with Crippen LogP contribution in [0.1, 0.15) is 30.6 Å². The van der Waals surface area contributed by atoms with E-state index < -0.39 is 0 Å². The van der Waals surface area contributed by atoms with Gasteiger partial charge in [-0.25, -0.2) is 4.79 Å². The third-order valence-electron chi connectivity index (χ3n) is 2.39. The molecule has 5 heteroatoms. The highest BCUT2D eigenvalue weighted by molar-refractivity contribution is 5.93. The van der Waals surface area contributed by atoms with Crippen molar-refractivity contribution < 1.29 is 14.3 Å². The van der Waals surface area contributed by atoms with Gasteiger partial charge in [-0.1, -0.05) is 6.92 Å². The maximum atomic E-state index is 11.5. The van der Waals surface area contributed by atoms with Crippen molar-refractivity contribution in [1.82, 2.24) is 5.32 Å². The van der Waals surface area contributed by atoms with Crippen LogP contribution in [-0.2, 0) is 9.53 Å². The van der Waals surface area contributed by atoms with Crippen LogP contribution in [0.15, 0.2) is 24.3 Å². The lowest BCUT2D eigenvalue weighted by Gasteiger charge is -2.07. The highest BCUT2D eigenvalue weighted by Crippen LogP contribution is 2.10. The summed E-state index contributed by atoms with van der Waals surface area (Å²) >= 11 is 0. The van der Waals surface area contributed by atoms with E-state index in [4.69, 9.17) is 4.74 Å². The summed E-state index contributed by atoms with van der Waals surface area (Å²) in [6.45, 7) is 5.25. The summed E-state index contributed by atoms with van der Waals surface area (Å²) in [5.74, 6) is -0.456. The quantitative estimate of drug-likeness (QED) is 0.582. The van der Waals surface area contributed by atoms with Crippen molar-refractivity contribution in [2.24, 2.45) is 0 Å². The van der Waals surface area contributed by atoms with E-state index in [1.807, 2.05) is 6.92 Å². The molecule has 5 nitrogen and oxygen atoms in total. The molecule has 0 atom stereocenters. The van der Waals surface area contributed by atoms with Crippen molar-refractivity contribution in [3.63, 3.8) is 0 Å². The molecule has 0 aliphatic carbocycles. The van der Waals surface area contributed by atoms with Gasteiger partial charge in [0.25, 0.3) is 0 Å². The minimum absolute atomic E-state index is 0.0997. The summed E-state index contributed by atoms with van der Waals surface area (Å²) in [4.78, 5) is 23.0. The predicted molar refractivity (Wildman–Crippen MR) is 74.2 cm³/mol. The normalized spacial score (nSPS) is 10.0. The van der Waals surface area contributed by atoms with Crippen LogP contribution in [0, 0.1) is 0 Å². The van der Waals surface area contributed by atoms with Crippen LogP contribution in [0.25, 0.3) is 0 Å². The third kappa shape index (κ3) is 5.52. The summed E-state index contributed by atoms with van der Waals surface area (Å²) in [6.07, 6.45) is 0.988. The fourth-order valence-electron chi connectivity index (χ4n) is 1.49. The van der Waals surface area contributed by atoms with Crippen LogP contribution in [0.5, 0.6) is 0 Å². The second kappa shape index (κ2) is 8.26. The van der Waals surface area contributed by atoms with Gasteiger partial charge in [0.2, 0.25) is 5.91 Å². The molecule has 0 spiro atoms. The number of ether oxygens (including phenoxy) is 1. The fraction of sp³-hybridized carbons (Fsp3) is 0.429. The molecule has 1 rings (SSSR count). The van der Waals surface area contributed by atoms with E-state index >= 15 is 0 Å². The number of hydrogen-bond donors (Lipinski definition) is 2.